The van der Waals surface area contributed by atoms with E-state index in [1.54, 1.807) is 12.1 Å². The summed E-state index contributed by atoms with van der Waals surface area (Å²) in [5, 5.41) is 14.7. The molecule has 21 heavy (non-hydrogen) atoms. The SMILES string of the molecule is C[C@@H](NCc1c(Cl)cccc1[N+](=O)[O-])c1ccccc1Br. The van der Waals surface area contributed by atoms with Gasteiger partial charge in [-0.3, -0.25) is 10.1 Å². The standard InChI is InChI=1S/C15H14BrClN2O2/c1-10(11-5-2-3-6-13(11)16)18-9-12-14(17)7-4-8-15(12)19(20)21/h2-8,10,18H,9H2,1H3/t10-/m1/s1. The third-order valence-electron chi connectivity index (χ3n) is 3.25. The van der Waals surface area contributed by atoms with Gasteiger partial charge in [0.15, 0.2) is 0 Å². The second-order valence-electron chi connectivity index (χ2n) is 4.62. The van der Waals surface area contributed by atoms with Crippen LogP contribution in [0.1, 0.15) is 24.1 Å². The number of hydrogen-bond acceptors (Lipinski definition) is 3. The molecule has 110 valence electrons. The Labute approximate surface area is 136 Å². The zero-order valence-electron chi connectivity index (χ0n) is 11.3. The van der Waals surface area contributed by atoms with E-state index in [0.29, 0.717) is 17.1 Å². The molecule has 1 atom stereocenters. The average Bonchev–Trinajstić information content (AvgIpc) is 2.45. The number of rotatable bonds is 5. The molecule has 0 aliphatic rings. The minimum atomic E-state index is -0.411. The Morgan fingerprint density at radius 1 is 1.29 bits per heavy atom. The van der Waals surface area contributed by atoms with Crippen molar-refractivity contribution in [2.75, 3.05) is 0 Å². The second kappa shape index (κ2) is 7.02. The maximum atomic E-state index is 11.1. The first-order chi connectivity index (χ1) is 10.0. The third-order valence-corrected chi connectivity index (χ3v) is 4.32. The van der Waals surface area contributed by atoms with Gasteiger partial charge in [-0.1, -0.05) is 51.8 Å². The van der Waals surface area contributed by atoms with Crippen LogP contribution < -0.4 is 5.32 Å². The summed E-state index contributed by atoms with van der Waals surface area (Å²) in [5.41, 5.74) is 1.63. The van der Waals surface area contributed by atoms with Gasteiger partial charge in [-0.2, -0.15) is 0 Å². The fourth-order valence-electron chi connectivity index (χ4n) is 2.08. The molecule has 2 aromatic rings. The summed E-state index contributed by atoms with van der Waals surface area (Å²) >= 11 is 9.58. The second-order valence-corrected chi connectivity index (χ2v) is 5.88. The molecule has 0 bridgehead atoms. The number of halogens is 2. The minimum Gasteiger partial charge on any atom is -0.306 e. The summed E-state index contributed by atoms with van der Waals surface area (Å²) in [5.74, 6) is 0. The van der Waals surface area contributed by atoms with Crippen molar-refractivity contribution >= 4 is 33.2 Å². The van der Waals surface area contributed by atoms with Crippen LogP contribution in [0, 0.1) is 10.1 Å². The summed E-state index contributed by atoms with van der Waals surface area (Å²) in [4.78, 5) is 10.6. The molecular formula is C15H14BrClN2O2. The van der Waals surface area contributed by atoms with E-state index in [2.05, 4.69) is 21.2 Å². The van der Waals surface area contributed by atoms with E-state index >= 15 is 0 Å². The van der Waals surface area contributed by atoms with E-state index in [1.807, 2.05) is 31.2 Å². The van der Waals surface area contributed by atoms with Gasteiger partial charge in [0.05, 0.1) is 15.5 Å². The molecule has 0 aromatic heterocycles. The highest BCUT2D eigenvalue weighted by Crippen LogP contribution is 2.28. The van der Waals surface area contributed by atoms with Crippen LogP contribution in [-0.2, 0) is 6.54 Å². The van der Waals surface area contributed by atoms with E-state index in [0.717, 1.165) is 10.0 Å². The fraction of sp³-hybridized carbons (Fsp3) is 0.200. The van der Waals surface area contributed by atoms with Crippen molar-refractivity contribution in [2.45, 2.75) is 19.5 Å². The topological polar surface area (TPSA) is 55.2 Å². The van der Waals surface area contributed by atoms with Crippen LogP contribution in [0.2, 0.25) is 5.02 Å². The summed E-state index contributed by atoms with van der Waals surface area (Å²) in [6.45, 7) is 2.33. The molecule has 4 nitrogen and oxygen atoms in total. The molecule has 2 rings (SSSR count). The van der Waals surface area contributed by atoms with E-state index in [4.69, 9.17) is 11.6 Å². The monoisotopic (exact) mass is 368 g/mol. The smallest absolute Gasteiger partial charge is 0.275 e. The number of nitrogens with one attached hydrogen (secondary N) is 1. The summed E-state index contributed by atoms with van der Waals surface area (Å²) < 4.78 is 0.999. The van der Waals surface area contributed by atoms with E-state index in [-0.39, 0.29) is 11.7 Å². The van der Waals surface area contributed by atoms with Crippen molar-refractivity contribution in [2.24, 2.45) is 0 Å². The van der Waals surface area contributed by atoms with Gasteiger partial charge in [-0.15, -0.1) is 0 Å². The molecule has 6 heteroatoms. The quantitative estimate of drug-likeness (QED) is 0.605. The van der Waals surface area contributed by atoms with Crippen LogP contribution in [0.15, 0.2) is 46.9 Å². The van der Waals surface area contributed by atoms with E-state index < -0.39 is 4.92 Å². The fourth-order valence-corrected chi connectivity index (χ4v) is 2.95. The van der Waals surface area contributed by atoms with Crippen LogP contribution in [0.5, 0.6) is 0 Å². The Morgan fingerprint density at radius 3 is 2.67 bits per heavy atom. The summed E-state index contributed by atoms with van der Waals surface area (Å²) in [6.07, 6.45) is 0. The lowest BCUT2D eigenvalue weighted by Gasteiger charge is -2.16. The van der Waals surface area contributed by atoms with Gasteiger partial charge < -0.3 is 5.32 Å². The van der Waals surface area contributed by atoms with E-state index in [9.17, 15) is 10.1 Å². The molecule has 0 radical (unpaired) electrons. The van der Waals surface area contributed by atoms with Gasteiger partial charge in [0, 0.05) is 23.1 Å². The Kier molecular flexibility index (Phi) is 5.33. The predicted octanol–water partition coefficient (Wildman–Crippen LogP) is 4.86. The third kappa shape index (κ3) is 3.81. The van der Waals surface area contributed by atoms with Gasteiger partial charge in [-0.05, 0) is 24.6 Å². The van der Waals surface area contributed by atoms with Gasteiger partial charge in [-0.25, -0.2) is 0 Å². The van der Waals surface area contributed by atoms with Gasteiger partial charge in [0.25, 0.3) is 5.69 Å². The molecule has 0 aliphatic heterocycles. The molecule has 0 saturated carbocycles. The Balaban J connectivity index is 2.17. The lowest BCUT2D eigenvalue weighted by Crippen LogP contribution is -2.19. The highest BCUT2D eigenvalue weighted by Gasteiger charge is 2.17. The molecule has 2 aromatic carbocycles. The van der Waals surface area contributed by atoms with Crippen molar-refractivity contribution in [1.82, 2.24) is 5.32 Å². The van der Waals surface area contributed by atoms with Gasteiger partial charge in [0.1, 0.15) is 0 Å². The minimum absolute atomic E-state index is 0.0364. The average molecular weight is 370 g/mol. The normalized spacial score (nSPS) is 12.1. The number of nitro benzene ring substituents is 1. The van der Waals surface area contributed by atoms with E-state index in [1.165, 1.54) is 6.07 Å². The summed E-state index contributed by atoms with van der Waals surface area (Å²) in [7, 11) is 0. The van der Waals surface area contributed by atoms with Gasteiger partial charge >= 0.3 is 0 Å². The first-order valence-corrected chi connectivity index (χ1v) is 7.57. The lowest BCUT2D eigenvalue weighted by atomic mass is 10.1. The zero-order chi connectivity index (χ0) is 15.4. The molecule has 0 heterocycles. The Morgan fingerprint density at radius 2 is 2.00 bits per heavy atom. The number of benzene rings is 2. The Bertz CT molecular complexity index is 664. The number of nitrogens with zero attached hydrogens (tertiary/aromatic N) is 1. The first kappa shape index (κ1) is 15.9. The maximum Gasteiger partial charge on any atom is 0.275 e. The van der Waals surface area contributed by atoms with Crippen LogP contribution >= 0.6 is 27.5 Å². The molecule has 0 fully saturated rings. The molecule has 0 amide bonds. The largest absolute Gasteiger partial charge is 0.306 e. The zero-order valence-corrected chi connectivity index (χ0v) is 13.7. The molecular weight excluding hydrogens is 356 g/mol. The van der Waals surface area contributed by atoms with Crippen molar-refractivity contribution in [1.29, 1.82) is 0 Å². The van der Waals surface area contributed by atoms with Crippen molar-refractivity contribution in [3.63, 3.8) is 0 Å². The predicted molar refractivity (Wildman–Crippen MR) is 87.5 cm³/mol. The first-order valence-electron chi connectivity index (χ1n) is 6.40. The van der Waals surface area contributed by atoms with Crippen molar-refractivity contribution < 1.29 is 4.92 Å². The number of nitro groups is 1. The Hall–Kier alpha value is -1.43. The molecule has 0 unspecified atom stereocenters. The highest BCUT2D eigenvalue weighted by atomic mass is 79.9. The van der Waals surface area contributed by atoms with Crippen LogP contribution in [0.3, 0.4) is 0 Å². The van der Waals surface area contributed by atoms with Crippen LogP contribution in [-0.4, -0.2) is 4.92 Å². The molecule has 0 saturated heterocycles. The number of hydrogen-bond donors (Lipinski definition) is 1. The molecule has 1 N–H and O–H groups in total. The molecule has 0 aliphatic carbocycles. The maximum absolute atomic E-state index is 11.1. The highest BCUT2D eigenvalue weighted by molar-refractivity contribution is 9.10. The van der Waals surface area contributed by atoms with Crippen molar-refractivity contribution in [3.05, 3.63) is 73.2 Å². The lowest BCUT2D eigenvalue weighted by molar-refractivity contribution is -0.385. The summed E-state index contributed by atoms with van der Waals surface area (Å²) in [6, 6.07) is 12.6. The molecule has 0 spiro atoms. The van der Waals surface area contributed by atoms with Crippen LogP contribution in [0.25, 0.3) is 0 Å². The van der Waals surface area contributed by atoms with Crippen LogP contribution in [0.4, 0.5) is 5.69 Å². The van der Waals surface area contributed by atoms with Crippen molar-refractivity contribution in [3.8, 4) is 0 Å². The van der Waals surface area contributed by atoms with Gasteiger partial charge in [0.2, 0.25) is 0 Å².